The van der Waals surface area contributed by atoms with E-state index in [0.29, 0.717) is 11.0 Å². The number of pyridine rings is 1. The molecule has 0 bridgehead atoms. The first-order chi connectivity index (χ1) is 8.69. The van der Waals surface area contributed by atoms with Crippen LogP contribution in [0.5, 0.6) is 0 Å². The van der Waals surface area contributed by atoms with Crippen molar-refractivity contribution >= 4 is 23.0 Å². The van der Waals surface area contributed by atoms with Crippen LogP contribution >= 0.6 is 12.2 Å². The number of rotatable bonds is 4. The monoisotopic (exact) mass is 263 g/mol. The molecule has 1 aliphatic rings. The summed E-state index contributed by atoms with van der Waals surface area (Å²) in [6.07, 6.45) is 8.21. The lowest BCUT2D eigenvalue weighted by Crippen LogP contribution is -2.26. The van der Waals surface area contributed by atoms with E-state index in [-0.39, 0.29) is 0 Å². The number of aromatic nitrogens is 1. The number of hydrogen-bond donors (Lipinski definition) is 2. The smallest absolute Gasteiger partial charge is 0.126 e. The Labute approximate surface area is 114 Å². The fourth-order valence-electron chi connectivity index (χ4n) is 2.55. The summed E-state index contributed by atoms with van der Waals surface area (Å²) in [7, 11) is 0. The summed E-state index contributed by atoms with van der Waals surface area (Å²) in [5.41, 5.74) is 6.37. The molecule has 0 radical (unpaired) electrons. The van der Waals surface area contributed by atoms with E-state index < -0.39 is 0 Å². The molecule has 0 amide bonds. The molecule has 1 aromatic heterocycles. The summed E-state index contributed by atoms with van der Waals surface area (Å²) in [6.45, 7) is 2.29. The number of nitrogens with one attached hydrogen (secondary N) is 1. The number of hydrogen-bond acceptors (Lipinski definition) is 3. The van der Waals surface area contributed by atoms with Gasteiger partial charge in [0.15, 0.2) is 0 Å². The van der Waals surface area contributed by atoms with Crippen molar-refractivity contribution < 1.29 is 0 Å². The maximum Gasteiger partial charge on any atom is 0.126 e. The van der Waals surface area contributed by atoms with Gasteiger partial charge in [-0.2, -0.15) is 0 Å². The van der Waals surface area contributed by atoms with Gasteiger partial charge in [-0.25, -0.2) is 4.98 Å². The van der Waals surface area contributed by atoms with Crippen molar-refractivity contribution in [3.05, 3.63) is 23.9 Å². The van der Waals surface area contributed by atoms with Crippen LogP contribution in [0, 0.1) is 5.92 Å². The van der Waals surface area contributed by atoms with Gasteiger partial charge in [-0.3, -0.25) is 0 Å². The Bertz CT molecular complexity index is 394. The number of nitrogens with two attached hydrogens (primary N) is 1. The minimum absolute atomic E-state index is 0.400. The van der Waals surface area contributed by atoms with E-state index in [0.717, 1.165) is 17.3 Å². The fraction of sp³-hybridized carbons (Fsp3) is 0.571. The molecule has 18 heavy (non-hydrogen) atoms. The van der Waals surface area contributed by atoms with Crippen LogP contribution in [-0.2, 0) is 0 Å². The molecule has 1 fully saturated rings. The normalized spacial score (nSPS) is 23.6. The molecule has 1 heterocycles. The van der Waals surface area contributed by atoms with Crippen LogP contribution in [0.15, 0.2) is 18.3 Å². The van der Waals surface area contributed by atoms with E-state index in [2.05, 4.69) is 17.2 Å². The molecule has 1 aliphatic carbocycles. The summed E-state index contributed by atoms with van der Waals surface area (Å²) < 4.78 is 0. The predicted molar refractivity (Wildman–Crippen MR) is 79.8 cm³/mol. The molecular weight excluding hydrogens is 242 g/mol. The quantitative estimate of drug-likeness (QED) is 0.820. The van der Waals surface area contributed by atoms with E-state index >= 15 is 0 Å². The van der Waals surface area contributed by atoms with Crippen LogP contribution in [0.25, 0.3) is 0 Å². The minimum atomic E-state index is 0.400. The van der Waals surface area contributed by atoms with Crippen molar-refractivity contribution in [2.45, 2.75) is 45.1 Å². The Balaban J connectivity index is 1.88. The second kappa shape index (κ2) is 6.14. The van der Waals surface area contributed by atoms with E-state index in [4.69, 9.17) is 18.0 Å². The highest BCUT2D eigenvalue weighted by atomic mass is 32.1. The number of nitrogens with zero attached hydrogens (tertiary/aromatic N) is 1. The van der Waals surface area contributed by atoms with Gasteiger partial charge in [-0.1, -0.05) is 25.6 Å². The zero-order valence-corrected chi connectivity index (χ0v) is 11.7. The zero-order valence-electron chi connectivity index (χ0n) is 10.9. The van der Waals surface area contributed by atoms with Gasteiger partial charge in [0.25, 0.3) is 0 Å². The molecular formula is C14H21N3S. The fourth-order valence-corrected chi connectivity index (χ4v) is 2.67. The summed E-state index contributed by atoms with van der Waals surface area (Å²) in [6, 6.07) is 4.45. The van der Waals surface area contributed by atoms with Crippen LogP contribution in [0.2, 0.25) is 0 Å². The van der Waals surface area contributed by atoms with Gasteiger partial charge in [0.05, 0.1) is 0 Å². The van der Waals surface area contributed by atoms with Crippen LogP contribution in [-0.4, -0.2) is 16.0 Å². The average molecular weight is 263 g/mol. The molecule has 0 atom stereocenters. The lowest BCUT2D eigenvalue weighted by atomic mass is 9.84. The molecule has 3 nitrogen and oxygen atoms in total. The molecule has 3 N–H and O–H groups in total. The predicted octanol–water partition coefficient (Wildman–Crippen LogP) is 3.10. The Morgan fingerprint density at radius 2 is 2.11 bits per heavy atom. The van der Waals surface area contributed by atoms with Gasteiger partial charge in [0.2, 0.25) is 0 Å². The topological polar surface area (TPSA) is 50.9 Å². The molecule has 0 unspecified atom stereocenters. The van der Waals surface area contributed by atoms with Gasteiger partial charge in [0, 0.05) is 17.8 Å². The van der Waals surface area contributed by atoms with E-state index in [1.165, 1.54) is 32.1 Å². The maximum absolute atomic E-state index is 5.55. The van der Waals surface area contributed by atoms with Crippen molar-refractivity contribution in [3.63, 3.8) is 0 Å². The van der Waals surface area contributed by atoms with Crippen molar-refractivity contribution in [2.75, 3.05) is 5.32 Å². The maximum atomic E-state index is 5.55. The Hall–Kier alpha value is -1.16. The van der Waals surface area contributed by atoms with Crippen molar-refractivity contribution in [2.24, 2.45) is 11.7 Å². The number of anilines is 1. The summed E-state index contributed by atoms with van der Waals surface area (Å²) in [5, 5.41) is 3.50. The van der Waals surface area contributed by atoms with Crippen molar-refractivity contribution in [1.29, 1.82) is 0 Å². The molecule has 0 spiro atoms. The number of thiocarbonyl (C=S) groups is 1. The summed E-state index contributed by atoms with van der Waals surface area (Å²) in [4.78, 5) is 4.76. The standard InChI is InChI=1S/C14H21N3S/c1-2-10-3-6-12(7-4-10)17-13-8-5-11(9-16-13)14(15)18/h5,8-10,12H,2-4,6-7H2,1H3,(H2,15,18)(H,16,17). The van der Waals surface area contributed by atoms with E-state index in [1.54, 1.807) is 6.20 Å². The van der Waals surface area contributed by atoms with Gasteiger partial charge in [0.1, 0.15) is 10.8 Å². The first-order valence-electron chi connectivity index (χ1n) is 6.71. The second-order valence-electron chi connectivity index (χ2n) is 5.07. The Morgan fingerprint density at radius 1 is 1.39 bits per heavy atom. The molecule has 1 aromatic rings. The molecule has 1 saturated carbocycles. The van der Waals surface area contributed by atoms with Crippen LogP contribution < -0.4 is 11.1 Å². The molecule has 0 aliphatic heterocycles. The third-order valence-electron chi connectivity index (χ3n) is 3.82. The molecule has 0 aromatic carbocycles. The van der Waals surface area contributed by atoms with Crippen LogP contribution in [0.3, 0.4) is 0 Å². The van der Waals surface area contributed by atoms with Crippen LogP contribution in [0.4, 0.5) is 5.82 Å². The third kappa shape index (κ3) is 3.42. The van der Waals surface area contributed by atoms with Crippen molar-refractivity contribution in [3.8, 4) is 0 Å². The Morgan fingerprint density at radius 3 is 2.61 bits per heavy atom. The highest BCUT2D eigenvalue weighted by molar-refractivity contribution is 7.80. The average Bonchev–Trinajstić information content (AvgIpc) is 2.40. The second-order valence-corrected chi connectivity index (χ2v) is 5.51. The summed E-state index contributed by atoms with van der Waals surface area (Å²) >= 11 is 4.91. The first-order valence-corrected chi connectivity index (χ1v) is 7.12. The lowest BCUT2D eigenvalue weighted by Gasteiger charge is -2.28. The Kier molecular flexibility index (Phi) is 4.53. The largest absolute Gasteiger partial charge is 0.389 e. The van der Waals surface area contributed by atoms with Crippen molar-refractivity contribution in [1.82, 2.24) is 4.98 Å². The SMILES string of the molecule is CCC1CCC(Nc2ccc(C(N)=S)cn2)CC1. The van der Waals surface area contributed by atoms with E-state index in [1.807, 2.05) is 12.1 Å². The van der Waals surface area contributed by atoms with Crippen LogP contribution in [0.1, 0.15) is 44.6 Å². The van der Waals surface area contributed by atoms with Gasteiger partial charge >= 0.3 is 0 Å². The van der Waals surface area contributed by atoms with Gasteiger partial charge in [-0.15, -0.1) is 0 Å². The van der Waals surface area contributed by atoms with Gasteiger partial charge in [-0.05, 0) is 43.7 Å². The van der Waals surface area contributed by atoms with Gasteiger partial charge < -0.3 is 11.1 Å². The molecule has 98 valence electrons. The highest BCUT2D eigenvalue weighted by Crippen LogP contribution is 2.28. The lowest BCUT2D eigenvalue weighted by molar-refractivity contribution is 0.330. The minimum Gasteiger partial charge on any atom is -0.389 e. The molecule has 2 rings (SSSR count). The molecule has 0 saturated heterocycles. The zero-order chi connectivity index (χ0) is 13.0. The van der Waals surface area contributed by atoms with E-state index in [9.17, 15) is 0 Å². The summed E-state index contributed by atoms with van der Waals surface area (Å²) in [5.74, 6) is 1.85. The highest BCUT2D eigenvalue weighted by Gasteiger charge is 2.19. The third-order valence-corrected chi connectivity index (χ3v) is 4.06. The molecule has 4 heteroatoms. The first kappa shape index (κ1) is 13.3.